The number of nitro groups is 1. The summed E-state index contributed by atoms with van der Waals surface area (Å²) in [6, 6.07) is 10.8. The summed E-state index contributed by atoms with van der Waals surface area (Å²) in [6.07, 6.45) is 3.05. The molecule has 0 saturated carbocycles. The van der Waals surface area contributed by atoms with Crippen LogP contribution < -0.4 is 5.63 Å². The Labute approximate surface area is 134 Å². The number of non-ortho nitro benzene ring substituents is 1. The fourth-order valence-corrected chi connectivity index (χ4v) is 2.21. The van der Waals surface area contributed by atoms with Crippen molar-refractivity contribution >= 4 is 40.3 Å². The molecule has 2 aromatic carbocycles. The number of aromatic nitrogens is 1. The highest BCUT2D eigenvalue weighted by atomic mass is 35.5. The molecule has 0 fully saturated rings. The third kappa shape index (κ3) is 3.27. The van der Waals surface area contributed by atoms with Gasteiger partial charge in [-0.25, -0.2) is 9.78 Å². The van der Waals surface area contributed by atoms with Crippen LogP contribution in [-0.2, 0) is 0 Å². The Morgan fingerprint density at radius 2 is 2.00 bits per heavy atom. The van der Waals surface area contributed by atoms with E-state index < -0.39 is 10.5 Å². The van der Waals surface area contributed by atoms with Crippen molar-refractivity contribution in [3.05, 3.63) is 79.5 Å². The van der Waals surface area contributed by atoms with Gasteiger partial charge in [-0.2, -0.15) is 0 Å². The normalized spacial score (nSPS) is 11.2. The fourth-order valence-electron chi connectivity index (χ4n) is 2.04. The van der Waals surface area contributed by atoms with Crippen molar-refractivity contribution in [2.45, 2.75) is 0 Å². The van der Waals surface area contributed by atoms with Gasteiger partial charge in [0.15, 0.2) is 0 Å². The van der Waals surface area contributed by atoms with Gasteiger partial charge in [0, 0.05) is 23.2 Å². The van der Waals surface area contributed by atoms with Crippen molar-refractivity contribution in [1.29, 1.82) is 0 Å². The van der Waals surface area contributed by atoms with E-state index in [0.717, 1.165) is 0 Å². The first-order chi connectivity index (χ1) is 11.0. The maximum atomic E-state index is 11.9. The highest BCUT2D eigenvalue weighted by Crippen LogP contribution is 2.17. The second kappa shape index (κ2) is 6.02. The van der Waals surface area contributed by atoms with Crippen LogP contribution in [0.1, 0.15) is 11.5 Å². The zero-order chi connectivity index (χ0) is 16.4. The summed E-state index contributed by atoms with van der Waals surface area (Å²) in [6.45, 7) is 0. The second-order valence-electron chi connectivity index (χ2n) is 4.69. The topological polar surface area (TPSA) is 86.2 Å². The summed E-state index contributed by atoms with van der Waals surface area (Å²) in [7, 11) is 0. The number of hydrogen-bond donors (Lipinski definition) is 0. The van der Waals surface area contributed by atoms with Gasteiger partial charge in [0.25, 0.3) is 5.69 Å². The SMILES string of the molecule is O=c1oc(C=Cc2cccc([N+](=O)[O-])c2)nc2cc(Cl)ccc12. The monoisotopic (exact) mass is 328 g/mol. The second-order valence-corrected chi connectivity index (χ2v) is 5.12. The van der Waals surface area contributed by atoms with Gasteiger partial charge >= 0.3 is 5.63 Å². The first kappa shape index (κ1) is 14.9. The molecule has 1 aromatic heterocycles. The molecule has 0 atom stereocenters. The number of hydrogen-bond acceptors (Lipinski definition) is 5. The molecule has 0 saturated heterocycles. The highest BCUT2D eigenvalue weighted by molar-refractivity contribution is 6.31. The van der Waals surface area contributed by atoms with Crippen LogP contribution in [0.25, 0.3) is 23.1 Å². The Kier molecular flexibility index (Phi) is 3.91. The predicted molar refractivity (Wildman–Crippen MR) is 87.3 cm³/mol. The molecule has 0 amide bonds. The molecular formula is C16H9ClN2O4. The number of halogens is 1. The lowest BCUT2D eigenvalue weighted by molar-refractivity contribution is -0.384. The standard InChI is InChI=1S/C16H9ClN2O4/c17-11-5-6-13-14(9-11)18-15(23-16(13)20)7-4-10-2-1-3-12(8-10)19(21)22/h1-9H. The first-order valence-electron chi connectivity index (χ1n) is 6.56. The molecule has 3 rings (SSSR count). The van der Waals surface area contributed by atoms with Crippen LogP contribution in [0.4, 0.5) is 5.69 Å². The van der Waals surface area contributed by atoms with Crippen molar-refractivity contribution in [1.82, 2.24) is 4.98 Å². The lowest BCUT2D eigenvalue weighted by Crippen LogP contribution is -2.02. The summed E-state index contributed by atoms with van der Waals surface area (Å²) >= 11 is 5.89. The van der Waals surface area contributed by atoms with E-state index in [0.29, 0.717) is 21.5 Å². The Balaban J connectivity index is 1.99. The predicted octanol–water partition coefficient (Wildman–Crippen LogP) is 3.92. The number of nitrogens with zero attached hydrogens (tertiary/aromatic N) is 2. The highest BCUT2D eigenvalue weighted by Gasteiger charge is 2.06. The Morgan fingerprint density at radius 3 is 2.78 bits per heavy atom. The molecule has 23 heavy (non-hydrogen) atoms. The number of rotatable bonds is 3. The molecule has 114 valence electrons. The fraction of sp³-hybridized carbons (Fsp3) is 0. The zero-order valence-corrected chi connectivity index (χ0v) is 12.4. The van der Waals surface area contributed by atoms with E-state index in [2.05, 4.69) is 4.98 Å². The van der Waals surface area contributed by atoms with Crippen LogP contribution >= 0.6 is 11.6 Å². The van der Waals surface area contributed by atoms with Crippen molar-refractivity contribution in [3.8, 4) is 0 Å². The van der Waals surface area contributed by atoms with Gasteiger partial charge in [-0.1, -0.05) is 23.7 Å². The van der Waals surface area contributed by atoms with E-state index >= 15 is 0 Å². The first-order valence-corrected chi connectivity index (χ1v) is 6.94. The van der Waals surface area contributed by atoms with E-state index in [4.69, 9.17) is 16.0 Å². The van der Waals surface area contributed by atoms with Crippen LogP contribution in [0, 0.1) is 10.1 Å². The van der Waals surface area contributed by atoms with Gasteiger partial charge in [-0.05, 0) is 29.8 Å². The molecule has 0 radical (unpaired) electrons. The smallest absolute Gasteiger partial charge is 0.347 e. The van der Waals surface area contributed by atoms with Gasteiger partial charge < -0.3 is 4.42 Å². The molecule has 0 N–H and O–H groups in total. The summed E-state index contributed by atoms with van der Waals surface area (Å²) < 4.78 is 5.10. The molecule has 0 aliphatic carbocycles. The van der Waals surface area contributed by atoms with Gasteiger partial charge in [0.2, 0.25) is 5.89 Å². The molecule has 0 spiro atoms. The number of fused-ring (bicyclic) bond motifs is 1. The number of nitro benzene ring substituents is 1. The van der Waals surface area contributed by atoms with E-state index in [1.807, 2.05) is 0 Å². The van der Waals surface area contributed by atoms with E-state index in [-0.39, 0.29) is 11.6 Å². The van der Waals surface area contributed by atoms with Crippen molar-refractivity contribution < 1.29 is 9.34 Å². The lowest BCUT2D eigenvalue weighted by Gasteiger charge is -1.98. The average Bonchev–Trinajstić information content (AvgIpc) is 2.52. The van der Waals surface area contributed by atoms with Crippen LogP contribution in [0.15, 0.2) is 51.7 Å². The Bertz CT molecular complexity index is 995. The van der Waals surface area contributed by atoms with E-state index in [1.165, 1.54) is 18.2 Å². The molecule has 0 aliphatic rings. The van der Waals surface area contributed by atoms with Crippen LogP contribution in [0.5, 0.6) is 0 Å². The summed E-state index contributed by atoms with van der Waals surface area (Å²) in [5.41, 5.74) is 0.472. The third-order valence-corrected chi connectivity index (χ3v) is 3.34. The minimum atomic E-state index is -0.523. The van der Waals surface area contributed by atoms with E-state index in [1.54, 1.807) is 36.4 Å². The van der Waals surface area contributed by atoms with Crippen molar-refractivity contribution in [2.24, 2.45) is 0 Å². The molecule has 0 bridgehead atoms. The van der Waals surface area contributed by atoms with Gasteiger partial charge in [-0.15, -0.1) is 0 Å². The minimum absolute atomic E-state index is 0.0214. The molecule has 7 heteroatoms. The molecule has 1 heterocycles. The van der Waals surface area contributed by atoms with Crippen LogP contribution in [0.3, 0.4) is 0 Å². The molecule has 6 nitrogen and oxygen atoms in total. The molecular weight excluding hydrogens is 320 g/mol. The molecule has 3 aromatic rings. The summed E-state index contributed by atoms with van der Waals surface area (Å²) in [5.74, 6) is 0.0938. The Morgan fingerprint density at radius 1 is 1.17 bits per heavy atom. The van der Waals surface area contributed by atoms with Gasteiger partial charge in [0.05, 0.1) is 15.8 Å². The minimum Gasteiger partial charge on any atom is -0.404 e. The summed E-state index contributed by atoms with van der Waals surface area (Å²) in [4.78, 5) is 26.4. The quantitative estimate of drug-likeness (QED) is 0.537. The summed E-state index contributed by atoms with van der Waals surface area (Å²) in [5, 5.41) is 11.5. The number of benzene rings is 2. The van der Waals surface area contributed by atoms with Gasteiger partial charge in [-0.3, -0.25) is 10.1 Å². The average molecular weight is 329 g/mol. The third-order valence-electron chi connectivity index (χ3n) is 3.11. The lowest BCUT2D eigenvalue weighted by atomic mass is 10.2. The van der Waals surface area contributed by atoms with E-state index in [9.17, 15) is 14.9 Å². The Hall–Kier alpha value is -2.99. The molecule has 0 aliphatic heterocycles. The maximum absolute atomic E-state index is 11.9. The van der Waals surface area contributed by atoms with Crippen LogP contribution in [0.2, 0.25) is 5.02 Å². The molecule has 0 unspecified atom stereocenters. The van der Waals surface area contributed by atoms with Crippen molar-refractivity contribution in [3.63, 3.8) is 0 Å². The van der Waals surface area contributed by atoms with Gasteiger partial charge in [0.1, 0.15) is 0 Å². The van der Waals surface area contributed by atoms with Crippen LogP contribution in [-0.4, -0.2) is 9.91 Å². The van der Waals surface area contributed by atoms with Crippen molar-refractivity contribution in [2.75, 3.05) is 0 Å². The zero-order valence-electron chi connectivity index (χ0n) is 11.6. The maximum Gasteiger partial charge on any atom is 0.347 e. The largest absolute Gasteiger partial charge is 0.404 e.